The Balaban J connectivity index is 1.77. The van der Waals surface area contributed by atoms with E-state index in [1.165, 1.54) is 17.3 Å². The maximum Gasteiger partial charge on any atom is 0.242 e. The Kier molecular flexibility index (Phi) is 6.77. The van der Waals surface area contributed by atoms with Crippen LogP contribution in [-0.4, -0.2) is 33.7 Å². The molecule has 0 aliphatic carbocycles. The fraction of sp³-hybridized carbons (Fsp3) is 0.292. The number of nitrogens with one attached hydrogen (secondary N) is 1. The highest BCUT2D eigenvalue weighted by molar-refractivity contribution is 8.15. The van der Waals surface area contributed by atoms with Crippen LogP contribution in [0.1, 0.15) is 28.7 Å². The Bertz CT molecular complexity index is 1030. The molecule has 0 saturated carbocycles. The van der Waals surface area contributed by atoms with Crippen LogP contribution in [-0.2, 0) is 9.59 Å². The summed E-state index contributed by atoms with van der Waals surface area (Å²) < 4.78 is 0. The van der Waals surface area contributed by atoms with Crippen LogP contribution in [0, 0.1) is 27.7 Å². The average molecular weight is 422 g/mol. The number of hydrogen-bond donors (Lipinski definition) is 1. The van der Waals surface area contributed by atoms with Crippen LogP contribution >= 0.6 is 11.8 Å². The standard InChI is InChI=1S/C24H27N3O2S/c1-6-11-27-23(29)21(14-22(28)26-20-12-15(2)7-8-17(20)4)30-24(27)25-19-10-9-16(3)18(5)13-19/h6-10,12-13,21H,1,11,14H2,2-5H3,(H,26,28)/t21-/m0/s1. The van der Waals surface area contributed by atoms with Gasteiger partial charge in [-0.15, -0.1) is 6.58 Å². The number of carbonyl (C=O) groups excluding carboxylic acids is 2. The highest BCUT2D eigenvalue weighted by Crippen LogP contribution is 2.32. The lowest BCUT2D eigenvalue weighted by Gasteiger charge is -2.14. The molecule has 1 saturated heterocycles. The number of rotatable bonds is 6. The number of amides is 2. The molecule has 6 heteroatoms. The first kappa shape index (κ1) is 21.8. The number of aryl methyl sites for hydroxylation is 4. The van der Waals surface area contributed by atoms with E-state index in [0.29, 0.717) is 11.7 Å². The number of aliphatic imine (C=N–C) groups is 1. The molecule has 1 N–H and O–H groups in total. The van der Waals surface area contributed by atoms with Crippen molar-refractivity contribution in [3.05, 3.63) is 71.3 Å². The Labute approximate surface area is 182 Å². The van der Waals surface area contributed by atoms with Crippen LogP contribution < -0.4 is 5.32 Å². The van der Waals surface area contributed by atoms with Crippen molar-refractivity contribution in [1.29, 1.82) is 0 Å². The summed E-state index contributed by atoms with van der Waals surface area (Å²) in [5.41, 5.74) is 5.97. The van der Waals surface area contributed by atoms with Gasteiger partial charge in [0.15, 0.2) is 5.17 Å². The zero-order valence-electron chi connectivity index (χ0n) is 17.9. The van der Waals surface area contributed by atoms with E-state index in [2.05, 4.69) is 23.8 Å². The van der Waals surface area contributed by atoms with E-state index in [9.17, 15) is 9.59 Å². The molecule has 0 radical (unpaired) electrons. The second-order valence-electron chi connectivity index (χ2n) is 7.58. The first-order valence-electron chi connectivity index (χ1n) is 9.90. The third-order valence-corrected chi connectivity index (χ3v) is 6.26. The number of amidine groups is 1. The van der Waals surface area contributed by atoms with Crippen LogP contribution in [0.15, 0.2) is 54.0 Å². The summed E-state index contributed by atoms with van der Waals surface area (Å²) in [5.74, 6) is -0.292. The van der Waals surface area contributed by atoms with Crippen LogP contribution in [0.4, 0.5) is 11.4 Å². The van der Waals surface area contributed by atoms with Gasteiger partial charge in [0, 0.05) is 18.7 Å². The van der Waals surface area contributed by atoms with Gasteiger partial charge < -0.3 is 5.32 Å². The molecular formula is C24H27N3O2S. The molecule has 1 heterocycles. The Morgan fingerprint density at radius 3 is 2.57 bits per heavy atom. The van der Waals surface area contributed by atoms with E-state index < -0.39 is 5.25 Å². The molecule has 1 atom stereocenters. The zero-order valence-corrected chi connectivity index (χ0v) is 18.7. The summed E-state index contributed by atoms with van der Waals surface area (Å²) in [4.78, 5) is 31.8. The predicted octanol–water partition coefficient (Wildman–Crippen LogP) is 5.07. The maximum absolute atomic E-state index is 12.9. The third-order valence-electron chi connectivity index (χ3n) is 5.08. The van der Waals surface area contributed by atoms with Crippen LogP contribution in [0.2, 0.25) is 0 Å². The number of carbonyl (C=O) groups is 2. The van der Waals surface area contributed by atoms with Gasteiger partial charge in [0.05, 0.1) is 5.69 Å². The monoisotopic (exact) mass is 421 g/mol. The van der Waals surface area contributed by atoms with Gasteiger partial charge in [-0.2, -0.15) is 0 Å². The van der Waals surface area contributed by atoms with Crippen molar-refractivity contribution < 1.29 is 9.59 Å². The van der Waals surface area contributed by atoms with Gasteiger partial charge in [-0.3, -0.25) is 14.5 Å². The van der Waals surface area contributed by atoms with Gasteiger partial charge in [-0.25, -0.2) is 4.99 Å². The zero-order chi connectivity index (χ0) is 21.8. The summed E-state index contributed by atoms with van der Waals surface area (Å²) in [6.07, 6.45) is 1.77. The number of nitrogens with zero attached hydrogens (tertiary/aromatic N) is 2. The van der Waals surface area contributed by atoms with Crippen molar-refractivity contribution in [3.8, 4) is 0 Å². The minimum absolute atomic E-state index is 0.0937. The molecule has 1 aliphatic rings. The quantitative estimate of drug-likeness (QED) is 0.663. The molecule has 0 unspecified atom stereocenters. The third kappa shape index (κ3) is 5.00. The smallest absolute Gasteiger partial charge is 0.242 e. The molecule has 1 fully saturated rings. The van der Waals surface area contributed by atoms with E-state index in [1.807, 2.05) is 57.2 Å². The van der Waals surface area contributed by atoms with E-state index in [0.717, 1.165) is 28.1 Å². The molecule has 2 amide bonds. The topological polar surface area (TPSA) is 61.8 Å². The summed E-state index contributed by atoms with van der Waals surface area (Å²) in [6.45, 7) is 12.1. The highest BCUT2D eigenvalue weighted by Gasteiger charge is 2.38. The molecule has 5 nitrogen and oxygen atoms in total. The lowest BCUT2D eigenvalue weighted by atomic mass is 10.1. The van der Waals surface area contributed by atoms with Gasteiger partial charge in [-0.05, 0) is 68.1 Å². The first-order valence-corrected chi connectivity index (χ1v) is 10.8. The normalized spacial score (nSPS) is 17.5. The summed E-state index contributed by atoms with van der Waals surface area (Å²) in [5, 5.41) is 3.05. The SMILES string of the molecule is C=CCN1C(=O)[C@H](CC(=O)Nc2cc(C)ccc2C)SC1=Nc1ccc(C)c(C)c1. The van der Waals surface area contributed by atoms with Crippen molar-refractivity contribution in [2.45, 2.75) is 39.4 Å². The van der Waals surface area contributed by atoms with Crippen molar-refractivity contribution in [2.24, 2.45) is 4.99 Å². The first-order chi connectivity index (χ1) is 14.3. The van der Waals surface area contributed by atoms with Crippen LogP contribution in [0.3, 0.4) is 0 Å². The van der Waals surface area contributed by atoms with Gasteiger partial charge in [0.2, 0.25) is 11.8 Å². The second kappa shape index (κ2) is 9.30. The molecule has 0 bridgehead atoms. The summed E-state index contributed by atoms with van der Waals surface area (Å²) in [6, 6.07) is 11.9. The van der Waals surface area contributed by atoms with Gasteiger partial charge in [0.25, 0.3) is 0 Å². The molecule has 156 valence electrons. The Morgan fingerprint density at radius 2 is 1.87 bits per heavy atom. The van der Waals surface area contributed by atoms with E-state index in [-0.39, 0.29) is 18.2 Å². The molecule has 1 aliphatic heterocycles. The fourth-order valence-corrected chi connectivity index (χ4v) is 4.34. The molecule has 0 spiro atoms. The van der Waals surface area contributed by atoms with Crippen molar-refractivity contribution >= 4 is 40.1 Å². The predicted molar refractivity (Wildman–Crippen MR) is 125 cm³/mol. The van der Waals surface area contributed by atoms with E-state index in [4.69, 9.17) is 0 Å². The fourth-order valence-electron chi connectivity index (χ4n) is 3.17. The number of benzene rings is 2. The lowest BCUT2D eigenvalue weighted by molar-refractivity contribution is -0.127. The highest BCUT2D eigenvalue weighted by atomic mass is 32.2. The molecule has 3 rings (SSSR count). The van der Waals surface area contributed by atoms with E-state index >= 15 is 0 Å². The van der Waals surface area contributed by atoms with Gasteiger partial charge in [-0.1, -0.05) is 36.0 Å². The minimum Gasteiger partial charge on any atom is -0.326 e. The average Bonchev–Trinajstić information content (AvgIpc) is 2.96. The lowest BCUT2D eigenvalue weighted by Crippen LogP contribution is -2.33. The largest absolute Gasteiger partial charge is 0.326 e. The minimum atomic E-state index is -0.500. The molecular weight excluding hydrogens is 394 g/mol. The molecule has 0 aromatic heterocycles. The second-order valence-corrected chi connectivity index (χ2v) is 8.75. The molecule has 2 aromatic carbocycles. The van der Waals surface area contributed by atoms with Crippen molar-refractivity contribution in [1.82, 2.24) is 4.90 Å². The number of hydrogen-bond acceptors (Lipinski definition) is 4. The van der Waals surface area contributed by atoms with Gasteiger partial charge in [0.1, 0.15) is 5.25 Å². The summed E-state index contributed by atoms with van der Waals surface area (Å²) >= 11 is 1.34. The Morgan fingerprint density at radius 1 is 1.13 bits per heavy atom. The Hall–Kier alpha value is -2.86. The number of anilines is 1. The van der Waals surface area contributed by atoms with Crippen LogP contribution in [0.5, 0.6) is 0 Å². The maximum atomic E-state index is 12.9. The van der Waals surface area contributed by atoms with Crippen molar-refractivity contribution in [3.63, 3.8) is 0 Å². The van der Waals surface area contributed by atoms with Crippen molar-refractivity contribution in [2.75, 3.05) is 11.9 Å². The molecule has 30 heavy (non-hydrogen) atoms. The van der Waals surface area contributed by atoms with Gasteiger partial charge >= 0.3 is 0 Å². The summed E-state index contributed by atoms with van der Waals surface area (Å²) in [7, 11) is 0. The molecule has 2 aromatic rings. The van der Waals surface area contributed by atoms with Crippen LogP contribution in [0.25, 0.3) is 0 Å². The number of thioether (sulfide) groups is 1. The van der Waals surface area contributed by atoms with E-state index in [1.54, 1.807) is 11.0 Å².